The fraction of sp³-hybridized carbons (Fsp3) is 0.412. The third-order valence-corrected chi connectivity index (χ3v) is 5.67. The molecular formula is C17H21N3OS. The van der Waals surface area contributed by atoms with Gasteiger partial charge in [0.05, 0.1) is 22.5 Å². The molecule has 2 heterocycles. The van der Waals surface area contributed by atoms with Crippen molar-refractivity contribution in [2.24, 2.45) is 5.92 Å². The Labute approximate surface area is 135 Å². The van der Waals surface area contributed by atoms with Crippen LogP contribution in [-0.4, -0.2) is 35.9 Å². The fourth-order valence-electron chi connectivity index (χ4n) is 2.62. The minimum atomic E-state index is 0.0584. The van der Waals surface area contributed by atoms with Crippen LogP contribution >= 0.6 is 11.3 Å². The first-order valence-electron chi connectivity index (χ1n) is 7.58. The van der Waals surface area contributed by atoms with Crippen molar-refractivity contribution in [3.8, 4) is 10.6 Å². The number of benzene rings is 1. The summed E-state index contributed by atoms with van der Waals surface area (Å²) in [6.45, 7) is 5.71. The van der Waals surface area contributed by atoms with Gasteiger partial charge in [-0.2, -0.15) is 0 Å². The maximum atomic E-state index is 12.4. The van der Waals surface area contributed by atoms with Gasteiger partial charge in [0.1, 0.15) is 5.01 Å². The molecule has 116 valence electrons. The Morgan fingerprint density at radius 3 is 2.64 bits per heavy atom. The van der Waals surface area contributed by atoms with Crippen LogP contribution in [0.15, 0.2) is 30.3 Å². The largest absolute Gasteiger partial charge is 0.338 e. The number of aromatic nitrogens is 1. The Bertz CT molecular complexity index is 664. The minimum absolute atomic E-state index is 0.0584. The number of rotatable bonds is 4. The summed E-state index contributed by atoms with van der Waals surface area (Å²) in [7, 11) is 1.90. The molecule has 1 saturated heterocycles. The topological polar surface area (TPSA) is 45.2 Å². The molecule has 0 spiro atoms. The normalized spacial score (nSPS) is 16.1. The first-order valence-corrected chi connectivity index (χ1v) is 8.39. The second-order valence-electron chi connectivity index (χ2n) is 5.81. The molecule has 0 saturated carbocycles. The lowest BCUT2D eigenvalue weighted by Gasteiger charge is -2.33. The molecule has 4 nitrogen and oxygen atoms in total. The van der Waals surface area contributed by atoms with Crippen LogP contribution in [0.1, 0.15) is 23.5 Å². The molecule has 1 aromatic carbocycles. The zero-order valence-corrected chi connectivity index (χ0v) is 14.0. The molecule has 0 radical (unpaired) electrons. The third-order valence-electron chi connectivity index (χ3n) is 4.29. The maximum Gasteiger partial charge on any atom is 0.228 e. The zero-order valence-electron chi connectivity index (χ0n) is 13.2. The number of aryl methyl sites for hydroxylation is 1. The molecule has 1 atom stereocenters. The van der Waals surface area contributed by atoms with Crippen molar-refractivity contribution in [3.05, 3.63) is 40.9 Å². The Morgan fingerprint density at radius 2 is 2.05 bits per heavy atom. The van der Waals surface area contributed by atoms with Crippen molar-refractivity contribution in [2.75, 3.05) is 20.1 Å². The van der Waals surface area contributed by atoms with E-state index in [9.17, 15) is 4.79 Å². The van der Waals surface area contributed by atoms with Crippen molar-refractivity contribution in [1.29, 1.82) is 0 Å². The van der Waals surface area contributed by atoms with E-state index in [1.165, 1.54) is 4.88 Å². The van der Waals surface area contributed by atoms with Crippen LogP contribution in [0.3, 0.4) is 0 Å². The van der Waals surface area contributed by atoms with Gasteiger partial charge in [0, 0.05) is 25.7 Å². The lowest BCUT2D eigenvalue weighted by Crippen LogP contribution is -2.51. The molecule has 1 fully saturated rings. The van der Waals surface area contributed by atoms with Gasteiger partial charge in [0.2, 0.25) is 5.91 Å². The minimum Gasteiger partial charge on any atom is -0.338 e. The van der Waals surface area contributed by atoms with E-state index < -0.39 is 0 Å². The lowest BCUT2D eigenvalue weighted by molar-refractivity contribution is -0.137. The molecule has 1 amide bonds. The van der Waals surface area contributed by atoms with Crippen molar-refractivity contribution in [1.82, 2.24) is 15.2 Å². The molecule has 22 heavy (non-hydrogen) atoms. The van der Waals surface area contributed by atoms with Crippen molar-refractivity contribution >= 4 is 17.2 Å². The first kappa shape index (κ1) is 15.2. The summed E-state index contributed by atoms with van der Waals surface area (Å²) in [6.07, 6.45) is 0. The van der Waals surface area contributed by atoms with Gasteiger partial charge in [-0.05, 0) is 13.8 Å². The zero-order chi connectivity index (χ0) is 15.7. The van der Waals surface area contributed by atoms with Crippen molar-refractivity contribution < 1.29 is 4.79 Å². The van der Waals surface area contributed by atoms with Crippen LogP contribution < -0.4 is 5.32 Å². The summed E-state index contributed by atoms with van der Waals surface area (Å²) < 4.78 is 0. The van der Waals surface area contributed by atoms with Gasteiger partial charge in [-0.3, -0.25) is 4.79 Å². The van der Waals surface area contributed by atoms with E-state index in [0.717, 1.165) is 29.4 Å². The van der Waals surface area contributed by atoms with Crippen molar-refractivity contribution in [2.45, 2.75) is 19.9 Å². The summed E-state index contributed by atoms with van der Waals surface area (Å²) in [6, 6.07) is 10.3. The standard InChI is InChI=1S/C17H21N3OS/c1-11-15(12(2)20(3)17(21)14-9-18-10-14)22-16(19-11)13-7-5-4-6-8-13/h4-8,12,14,18H,9-10H2,1-3H3. The van der Waals surface area contributed by atoms with Gasteiger partial charge >= 0.3 is 0 Å². The number of carbonyl (C=O) groups excluding carboxylic acids is 1. The van der Waals surface area contributed by atoms with E-state index in [0.29, 0.717) is 0 Å². The van der Waals surface area contributed by atoms with Gasteiger partial charge < -0.3 is 10.2 Å². The first-order chi connectivity index (χ1) is 10.6. The summed E-state index contributed by atoms with van der Waals surface area (Å²) in [5.41, 5.74) is 2.15. The van der Waals surface area contributed by atoms with E-state index in [4.69, 9.17) is 4.98 Å². The monoisotopic (exact) mass is 315 g/mol. The predicted molar refractivity (Wildman–Crippen MR) is 89.8 cm³/mol. The fourth-order valence-corrected chi connectivity index (χ4v) is 3.78. The van der Waals surface area contributed by atoms with Crippen LogP contribution in [-0.2, 0) is 4.79 Å². The third kappa shape index (κ3) is 2.78. The number of carbonyl (C=O) groups is 1. The molecule has 1 N–H and O–H groups in total. The van der Waals surface area contributed by atoms with E-state index in [2.05, 4.69) is 24.4 Å². The molecule has 1 aliphatic rings. The second-order valence-corrected chi connectivity index (χ2v) is 6.85. The van der Waals surface area contributed by atoms with E-state index >= 15 is 0 Å². The quantitative estimate of drug-likeness (QED) is 0.943. The summed E-state index contributed by atoms with van der Waals surface area (Å²) in [5.74, 6) is 0.356. The lowest BCUT2D eigenvalue weighted by atomic mass is 10.0. The smallest absolute Gasteiger partial charge is 0.228 e. The van der Waals surface area contributed by atoms with Crippen LogP contribution in [0.25, 0.3) is 10.6 Å². The highest BCUT2D eigenvalue weighted by Gasteiger charge is 2.31. The average molecular weight is 315 g/mol. The van der Waals surface area contributed by atoms with Gasteiger partial charge in [0.25, 0.3) is 0 Å². The van der Waals surface area contributed by atoms with Gasteiger partial charge in [-0.25, -0.2) is 4.98 Å². The van der Waals surface area contributed by atoms with Gasteiger partial charge in [-0.15, -0.1) is 11.3 Å². The molecule has 1 aliphatic heterocycles. The number of nitrogens with zero attached hydrogens (tertiary/aromatic N) is 2. The number of nitrogens with one attached hydrogen (secondary N) is 1. The summed E-state index contributed by atoms with van der Waals surface area (Å²) in [5, 5.41) is 4.17. The average Bonchev–Trinajstić information content (AvgIpc) is 2.87. The molecular weight excluding hydrogens is 294 g/mol. The highest BCUT2D eigenvalue weighted by Crippen LogP contribution is 2.34. The number of thiazole rings is 1. The molecule has 0 bridgehead atoms. The Hall–Kier alpha value is -1.72. The Balaban J connectivity index is 1.82. The second kappa shape index (κ2) is 6.18. The Kier molecular flexibility index (Phi) is 4.27. The molecule has 1 aromatic heterocycles. The maximum absolute atomic E-state index is 12.4. The predicted octanol–water partition coefficient (Wildman–Crippen LogP) is 2.86. The van der Waals surface area contributed by atoms with Gasteiger partial charge in [0.15, 0.2) is 0 Å². The van der Waals surface area contributed by atoms with Gasteiger partial charge in [-0.1, -0.05) is 30.3 Å². The van der Waals surface area contributed by atoms with Crippen LogP contribution in [0.2, 0.25) is 0 Å². The van der Waals surface area contributed by atoms with E-state index in [1.807, 2.05) is 37.1 Å². The molecule has 5 heteroatoms. The molecule has 3 rings (SSSR count). The highest BCUT2D eigenvalue weighted by atomic mass is 32.1. The molecule has 2 aromatic rings. The van der Waals surface area contributed by atoms with E-state index in [-0.39, 0.29) is 17.9 Å². The van der Waals surface area contributed by atoms with E-state index in [1.54, 1.807) is 11.3 Å². The number of amides is 1. The number of hydrogen-bond donors (Lipinski definition) is 1. The summed E-state index contributed by atoms with van der Waals surface area (Å²) in [4.78, 5) is 20.1. The molecule has 1 unspecified atom stereocenters. The van der Waals surface area contributed by atoms with Crippen LogP contribution in [0, 0.1) is 12.8 Å². The van der Waals surface area contributed by atoms with Crippen LogP contribution in [0.4, 0.5) is 0 Å². The SMILES string of the molecule is Cc1nc(-c2ccccc2)sc1C(C)N(C)C(=O)C1CNC1. The number of hydrogen-bond acceptors (Lipinski definition) is 4. The van der Waals surface area contributed by atoms with Crippen LogP contribution in [0.5, 0.6) is 0 Å². The molecule has 0 aliphatic carbocycles. The summed E-state index contributed by atoms with van der Waals surface area (Å²) >= 11 is 1.68. The van der Waals surface area contributed by atoms with Crippen molar-refractivity contribution in [3.63, 3.8) is 0 Å². The Morgan fingerprint density at radius 1 is 1.36 bits per heavy atom. The highest BCUT2D eigenvalue weighted by molar-refractivity contribution is 7.15.